The molecule has 2 aromatic heterocycles. The zero-order valence-electron chi connectivity index (χ0n) is 16.6. The molecule has 5 rings (SSSR count). The van der Waals surface area contributed by atoms with E-state index in [-0.39, 0.29) is 22.9 Å². The van der Waals surface area contributed by atoms with Crippen LogP contribution >= 0.6 is 23.8 Å². The average Bonchev–Trinajstić information content (AvgIpc) is 3.41. The van der Waals surface area contributed by atoms with E-state index in [1.54, 1.807) is 30.5 Å². The molecule has 8 heteroatoms. The van der Waals surface area contributed by atoms with Crippen LogP contribution in [-0.2, 0) is 0 Å². The van der Waals surface area contributed by atoms with Crippen molar-refractivity contribution < 1.29 is 8.78 Å². The van der Waals surface area contributed by atoms with Crippen molar-refractivity contribution in [2.24, 2.45) is 0 Å². The largest absolute Gasteiger partial charge is 0.351 e. The molecule has 0 spiro atoms. The smallest absolute Gasteiger partial charge is 0.174 e. The van der Waals surface area contributed by atoms with Crippen LogP contribution in [0.2, 0.25) is 5.02 Å². The van der Waals surface area contributed by atoms with Crippen LogP contribution in [0, 0.1) is 11.6 Å². The molecule has 2 atom stereocenters. The minimum absolute atomic E-state index is 0.0406. The van der Waals surface area contributed by atoms with E-state index in [0.717, 1.165) is 17.1 Å². The summed E-state index contributed by atoms with van der Waals surface area (Å²) >= 11 is 11.7. The summed E-state index contributed by atoms with van der Waals surface area (Å²) in [5, 5.41) is 3.92. The van der Waals surface area contributed by atoms with Gasteiger partial charge in [-0.25, -0.2) is 8.78 Å². The number of nitrogens with one attached hydrogen (secondary N) is 1. The van der Waals surface area contributed by atoms with Crippen LogP contribution in [0.5, 0.6) is 0 Å². The number of anilines is 1. The summed E-state index contributed by atoms with van der Waals surface area (Å²) in [5.41, 5.74) is 3.17. The van der Waals surface area contributed by atoms with Crippen molar-refractivity contribution in [3.05, 3.63) is 113 Å². The summed E-state index contributed by atoms with van der Waals surface area (Å²) < 4.78 is 29.3. The van der Waals surface area contributed by atoms with Crippen LogP contribution in [-0.4, -0.2) is 14.7 Å². The Labute approximate surface area is 194 Å². The average molecular weight is 467 g/mol. The van der Waals surface area contributed by atoms with E-state index < -0.39 is 5.82 Å². The van der Waals surface area contributed by atoms with Crippen LogP contribution in [0.1, 0.15) is 23.5 Å². The monoisotopic (exact) mass is 466 g/mol. The first kappa shape index (κ1) is 20.6. The number of aromatic nitrogens is 2. The van der Waals surface area contributed by atoms with E-state index in [9.17, 15) is 8.78 Å². The summed E-state index contributed by atoms with van der Waals surface area (Å²) in [5.74, 6) is -0.805. The molecule has 1 aliphatic rings. The predicted octanol–water partition coefficient (Wildman–Crippen LogP) is 5.98. The molecule has 0 radical (unpaired) electrons. The molecule has 1 aliphatic heterocycles. The van der Waals surface area contributed by atoms with E-state index in [2.05, 4.69) is 10.3 Å². The fourth-order valence-electron chi connectivity index (χ4n) is 4.04. The maximum Gasteiger partial charge on any atom is 0.174 e. The van der Waals surface area contributed by atoms with Gasteiger partial charge in [0.15, 0.2) is 5.11 Å². The lowest BCUT2D eigenvalue weighted by molar-refractivity contribution is 0.549. The lowest BCUT2D eigenvalue weighted by Gasteiger charge is -2.29. The maximum absolute atomic E-state index is 13.8. The second kappa shape index (κ2) is 8.33. The number of pyridine rings is 1. The molecule has 1 N–H and O–H groups in total. The Bertz CT molecular complexity index is 1280. The van der Waals surface area contributed by atoms with Crippen LogP contribution in [0.4, 0.5) is 14.5 Å². The molecule has 0 unspecified atom stereocenters. The van der Waals surface area contributed by atoms with Gasteiger partial charge in [-0.2, -0.15) is 0 Å². The Morgan fingerprint density at radius 2 is 1.72 bits per heavy atom. The van der Waals surface area contributed by atoms with E-state index in [1.165, 1.54) is 18.2 Å². The van der Waals surface area contributed by atoms with Crippen LogP contribution < -0.4 is 10.2 Å². The Morgan fingerprint density at radius 3 is 2.44 bits per heavy atom. The van der Waals surface area contributed by atoms with Gasteiger partial charge in [0.2, 0.25) is 0 Å². The van der Waals surface area contributed by atoms with Crippen molar-refractivity contribution in [3.63, 3.8) is 0 Å². The minimum Gasteiger partial charge on any atom is -0.351 e. The molecule has 3 heterocycles. The van der Waals surface area contributed by atoms with Crippen molar-refractivity contribution in [1.29, 1.82) is 0 Å². The van der Waals surface area contributed by atoms with Gasteiger partial charge in [0, 0.05) is 29.5 Å². The number of halogens is 3. The highest BCUT2D eigenvalue weighted by Crippen LogP contribution is 2.42. The molecule has 32 heavy (non-hydrogen) atoms. The first-order chi connectivity index (χ1) is 15.5. The lowest BCUT2D eigenvalue weighted by atomic mass is 10.0. The Kier molecular flexibility index (Phi) is 5.36. The fraction of sp³-hybridized carbons (Fsp3) is 0.0833. The Balaban J connectivity index is 1.67. The molecular formula is C24H17ClF2N4S. The molecule has 160 valence electrons. The van der Waals surface area contributed by atoms with Crippen LogP contribution in [0.25, 0.3) is 5.69 Å². The molecule has 1 fully saturated rings. The molecule has 4 aromatic rings. The van der Waals surface area contributed by atoms with Crippen molar-refractivity contribution in [1.82, 2.24) is 14.9 Å². The summed E-state index contributed by atoms with van der Waals surface area (Å²) in [4.78, 5) is 6.49. The number of rotatable bonds is 4. The van der Waals surface area contributed by atoms with E-state index in [1.807, 2.05) is 46.0 Å². The summed E-state index contributed by atoms with van der Waals surface area (Å²) in [6, 6.07) is 19.8. The van der Waals surface area contributed by atoms with E-state index in [4.69, 9.17) is 23.8 Å². The minimum atomic E-state index is -0.480. The van der Waals surface area contributed by atoms with Gasteiger partial charge in [-0.05, 0) is 78.9 Å². The molecule has 2 aromatic carbocycles. The van der Waals surface area contributed by atoms with Gasteiger partial charge in [-0.15, -0.1) is 0 Å². The Hall–Kier alpha value is -3.29. The van der Waals surface area contributed by atoms with Gasteiger partial charge in [0.25, 0.3) is 0 Å². The molecule has 0 saturated carbocycles. The molecule has 0 aliphatic carbocycles. The third-order valence-electron chi connectivity index (χ3n) is 5.47. The Morgan fingerprint density at radius 1 is 0.938 bits per heavy atom. The molecule has 4 nitrogen and oxygen atoms in total. The first-order valence-corrected chi connectivity index (χ1v) is 10.7. The third kappa shape index (κ3) is 3.63. The zero-order chi connectivity index (χ0) is 22.2. The first-order valence-electron chi connectivity index (χ1n) is 9.92. The predicted molar refractivity (Wildman–Crippen MR) is 125 cm³/mol. The zero-order valence-corrected chi connectivity index (χ0v) is 18.2. The summed E-state index contributed by atoms with van der Waals surface area (Å²) in [6.45, 7) is 0. The number of hydrogen-bond acceptors (Lipinski definition) is 2. The maximum atomic E-state index is 13.8. The summed E-state index contributed by atoms with van der Waals surface area (Å²) in [7, 11) is 0. The molecule has 1 saturated heterocycles. The standard InChI is InChI=1S/C24H17ClF2N4S/c25-18-14-17(10-11-19(18)27)30-13-3-5-21(30)23-22(20-4-1-2-12-28-20)29-24(32)31(23)16-8-6-15(26)7-9-16/h1-14,22-23H,(H,29,32)/t22-,23+/m0/s1. The summed E-state index contributed by atoms with van der Waals surface area (Å²) in [6.07, 6.45) is 3.62. The number of benzene rings is 2. The second-order valence-corrected chi connectivity index (χ2v) is 8.17. The second-order valence-electron chi connectivity index (χ2n) is 7.37. The van der Waals surface area contributed by atoms with Gasteiger partial charge >= 0.3 is 0 Å². The third-order valence-corrected chi connectivity index (χ3v) is 6.07. The van der Waals surface area contributed by atoms with Gasteiger partial charge in [0.05, 0.1) is 16.8 Å². The number of nitrogens with zero attached hydrogens (tertiary/aromatic N) is 3. The van der Waals surface area contributed by atoms with Gasteiger partial charge in [-0.1, -0.05) is 17.7 Å². The SMILES string of the molecule is Fc1ccc(N2C(=S)N[C@@H](c3ccccn3)[C@H]2c2cccn2-c2ccc(F)c(Cl)c2)cc1. The van der Waals surface area contributed by atoms with Crippen molar-refractivity contribution in [2.75, 3.05) is 4.90 Å². The van der Waals surface area contributed by atoms with Gasteiger partial charge in [-0.3, -0.25) is 4.98 Å². The van der Waals surface area contributed by atoms with Crippen molar-refractivity contribution in [2.45, 2.75) is 12.1 Å². The van der Waals surface area contributed by atoms with Crippen LogP contribution in [0.15, 0.2) is 85.2 Å². The van der Waals surface area contributed by atoms with Gasteiger partial charge < -0.3 is 14.8 Å². The molecular weight excluding hydrogens is 450 g/mol. The number of hydrogen-bond donors (Lipinski definition) is 1. The van der Waals surface area contributed by atoms with Crippen molar-refractivity contribution in [3.8, 4) is 5.69 Å². The normalized spacial score (nSPS) is 18.1. The fourth-order valence-corrected chi connectivity index (χ4v) is 4.56. The highest BCUT2D eigenvalue weighted by atomic mass is 35.5. The highest BCUT2D eigenvalue weighted by molar-refractivity contribution is 7.80. The lowest BCUT2D eigenvalue weighted by Crippen LogP contribution is -2.30. The quantitative estimate of drug-likeness (QED) is 0.375. The van der Waals surface area contributed by atoms with Crippen LogP contribution in [0.3, 0.4) is 0 Å². The molecule has 0 amide bonds. The topological polar surface area (TPSA) is 33.1 Å². The molecule has 0 bridgehead atoms. The van der Waals surface area contributed by atoms with Crippen molar-refractivity contribution >= 4 is 34.6 Å². The number of thiocarbonyl (C=S) groups is 1. The van der Waals surface area contributed by atoms with Gasteiger partial charge in [0.1, 0.15) is 17.7 Å². The van der Waals surface area contributed by atoms with E-state index in [0.29, 0.717) is 10.8 Å². The van der Waals surface area contributed by atoms with E-state index >= 15 is 0 Å². The highest BCUT2D eigenvalue weighted by Gasteiger charge is 2.42.